The van der Waals surface area contributed by atoms with Gasteiger partial charge in [-0.25, -0.2) is 14.5 Å². The van der Waals surface area contributed by atoms with Gasteiger partial charge in [-0.1, -0.05) is 18.2 Å². The van der Waals surface area contributed by atoms with Gasteiger partial charge in [-0.05, 0) is 17.1 Å². The van der Waals surface area contributed by atoms with E-state index >= 15 is 0 Å². The van der Waals surface area contributed by atoms with Gasteiger partial charge in [0.25, 0.3) is 0 Å². The summed E-state index contributed by atoms with van der Waals surface area (Å²) in [5.41, 5.74) is 1.17. The van der Waals surface area contributed by atoms with Crippen molar-refractivity contribution in [3.8, 4) is 0 Å². The van der Waals surface area contributed by atoms with Crippen LogP contribution in [0.15, 0.2) is 30.3 Å². The number of para-hydroxylation sites is 1. The van der Waals surface area contributed by atoms with Gasteiger partial charge >= 0.3 is 11.6 Å². The minimum atomic E-state index is -3.29. The van der Waals surface area contributed by atoms with Crippen LogP contribution in [0.5, 0.6) is 0 Å². The fourth-order valence-corrected chi connectivity index (χ4v) is 1.46. The van der Waals surface area contributed by atoms with Crippen molar-refractivity contribution in [3.63, 3.8) is 0 Å². The Labute approximate surface area is 105 Å². The first-order valence-corrected chi connectivity index (χ1v) is 4.88. The number of anilines is 1. The maximum Gasteiger partial charge on any atom is 0.453 e. The summed E-state index contributed by atoms with van der Waals surface area (Å²) in [6, 6.07) is 6.43. The highest BCUT2D eigenvalue weighted by Gasteiger charge is 2.63. The third-order valence-corrected chi connectivity index (χ3v) is 2.40. The smallest absolute Gasteiger partial charge is 0.361 e. The number of carbonyl (C=O) groups excluding carboxylic acids is 1. The number of primary amides is 1. The molecule has 10 heteroatoms. The van der Waals surface area contributed by atoms with E-state index in [0.717, 1.165) is 12.1 Å². The third-order valence-electron chi connectivity index (χ3n) is 2.40. The summed E-state index contributed by atoms with van der Waals surface area (Å²) >= 11 is 0. The maximum absolute atomic E-state index is 13.0. The van der Waals surface area contributed by atoms with Crippen molar-refractivity contribution >= 4 is 11.6 Å². The molecule has 1 aromatic carbocycles. The Balaban J connectivity index is 3.50. The monoisotopic (exact) mass is 272 g/mol. The Morgan fingerprint density at radius 1 is 1.32 bits per heavy atom. The maximum atomic E-state index is 13.0. The Bertz CT molecular complexity index is 495. The van der Waals surface area contributed by atoms with Crippen LogP contribution in [0.4, 0.5) is 10.1 Å². The van der Waals surface area contributed by atoms with Gasteiger partial charge in [0.2, 0.25) is 0 Å². The molecule has 0 saturated carbocycles. The number of nitro groups is 2. The summed E-state index contributed by atoms with van der Waals surface area (Å²) in [6.07, 6.45) is 0. The summed E-state index contributed by atoms with van der Waals surface area (Å²) in [5.74, 6) is -1.76. The first-order valence-electron chi connectivity index (χ1n) is 4.88. The molecule has 0 aliphatic heterocycles. The Kier molecular flexibility index (Phi) is 3.94. The van der Waals surface area contributed by atoms with Gasteiger partial charge in [0, 0.05) is 0 Å². The second-order valence-electron chi connectivity index (χ2n) is 3.46. The molecule has 1 atom stereocenters. The lowest BCUT2D eigenvalue weighted by atomic mass is 10.1. The van der Waals surface area contributed by atoms with Crippen LogP contribution in [0, 0.1) is 20.2 Å². The molecule has 9 nitrogen and oxygen atoms in total. The van der Waals surface area contributed by atoms with Gasteiger partial charge in [0.1, 0.15) is 5.69 Å². The van der Waals surface area contributed by atoms with E-state index in [2.05, 4.69) is 0 Å². The predicted octanol–water partition coefficient (Wildman–Crippen LogP) is 0.113. The Hall–Kier alpha value is -2.78. The van der Waals surface area contributed by atoms with Gasteiger partial charge in [0.15, 0.2) is 11.7 Å². The first-order chi connectivity index (χ1) is 8.87. The molecule has 1 rings (SSSR count). The van der Waals surface area contributed by atoms with E-state index in [4.69, 9.17) is 5.73 Å². The van der Waals surface area contributed by atoms with Crippen LogP contribution in [-0.4, -0.2) is 28.2 Å². The highest BCUT2D eigenvalue weighted by atomic mass is 19.1. The number of rotatable bonds is 6. The second kappa shape index (κ2) is 5.25. The average Bonchev–Trinajstić information content (AvgIpc) is 2.35. The minimum absolute atomic E-state index is 0.185. The van der Waals surface area contributed by atoms with Crippen LogP contribution in [-0.2, 0) is 4.79 Å². The molecule has 0 heterocycles. The van der Waals surface area contributed by atoms with Gasteiger partial charge in [-0.3, -0.25) is 14.9 Å². The number of hydrogen-bond acceptors (Lipinski definition) is 5. The lowest BCUT2D eigenvalue weighted by molar-refractivity contribution is -0.623. The number of benzene rings is 1. The molecule has 0 fully saturated rings. The van der Waals surface area contributed by atoms with Crippen molar-refractivity contribution in [3.05, 3.63) is 50.6 Å². The third kappa shape index (κ3) is 2.27. The SMILES string of the molecule is NC(=O)[C@](CF)(N(c1ccccc1)[N+](=O)[O-])[N+](=O)[O-]. The average molecular weight is 272 g/mol. The molecule has 0 aliphatic rings. The number of nitrogens with two attached hydrogens (primary N) is 1. The zero-order chi connectivity index (χ0) is 14.6. The quantitative estimate of drug-likeness (QED) is 0.444. The highest BCUT2D eigenvalue weighted by Crippen LogP contribution is 2.25. The zero-order valence-corrected chi connectivity index (χ0v) is 9.43. The molecule has 19 heavy (non-hydrogen) atoms. The number of amides is 1. The van der Waals surface area contributed by atoms with Crippen molar-refractivity contribution in [2.24, 2.45) is 5.73 Å². The molecule has 0 unspecified atom stereocenters. The summed E-state index contributed by atoms with van der Waals surface area (Å²) in [4.78, 5) is 31.7. The molecule has 2 N–H and O–H groups in total. The summed E-state index contributed by atoms with van der Waals surface area (Å²) in [5, 5.41) is 20.5. The molecule has 1 amide bonds. The first kappa shape index (κ1) is 14.3. The summed E-state index contributed by atoms with van der Waals surface area (Å²) < 4.78 is 13.0. The van der Waals surface area contributed by atoms with Crippen molar-refractivity contribution in [1.82, 2.24) is 0 Å². The summed E-state index contributed by atoms with van der Waals surface area (Å²) in [7, 11) is 0. The zero-order valence-electron chi connectivity index (χ0n) is 9.43. The van der Waals surface area contributed by atoms with E-state index < -0.39 is 28.2 Å². The predicted molar refractivity (Wildman–Crippen MR) is 60.8 cm³/mol. The highest BCUT2D eigenvalue weighted by molar-refractivity contribution is 5.86. The van der Waals surface area contributed by atoms with E-state index in [-0.39, 0.29) is 10.7 Å². The molecule has 0 aliphatic carbocycles. The molecule has 1 aromatic rings. The van der Waals surface area contributed by atoms with Crippen molar-refractivity contribution in [2.75, 3.05) is 11.7 Å². The fourth-order valence-electron chi connectivity index (χ4n) is 1.46. The minimum Gasteiger partial charge on any atom is -0.361 e. The number of carbonyl (C=O) groups is 1. The standard InChI is InChI=1S/C9H9FN4O5/c10-6-9(8(11)15,13(16)17)12(14(18)19)7-4-2-1-3-5-7/h1-5H,6H2,(H2,11,15)/t9-/m1/s1. The molecule has 0 radical (unpaired) electrons. The van der Waals surface area contributed by atoms with E-state index in [9.17, 15) is 29.4 Å². The number of hydrogen-bond donors (Lipinski definition) is 1. The van der Waals surface area contributed by atoms with E-state index in [0.29, 0.717) is 0 Å². The molecular formula is C9H9FN4O5. The number of nitrogens with zero attached hydrogens (tertiary/aromatic N) is 3. The lowest BCUT2D eigenvalue weighted by Gasteiger charge is -2.24. The lowest BCUT2D eigenvalue weighted by Crippen LogP contribution is -2.66. The van der Waals surface area contributed by atoms with Crippen LogP contribution in [0.2, 0.25) is 0 Å². The Morgan fingerprint density at radius 3 is 2.16 bits per heavy atom. The normalized spacial score (nSPS) is 13.3. The van der Waals surface area contributed by atoms with Gasteiger partial charge in [-0.15, -0.1) is 0 Å². The van der Waals surface area contributed by atoms with Crippen LogP contribution >= 0.6 is 0 Å². The topological polar surface area (TPSA) is 133 Å². The van der Waals surface area contributed by atoms with Crippen molar-refractivity contribution < 1.29 is 19.1 Å². The van der Waals surface area contributed by atoms with Gasteiger partial charge < -0.3 is 5.73 Å². The number of alkyl halides is 1. The molecule has 0 aromatic heterocycles. The fraction of sp³-hybridized carbons (Fsp3) is 0.222. The van der Waals surface area contributed by atoms with E-state index in [1.807, 2.05) is 0 Å². The van der Waals surface area contributed by atoms with E-state index in [1.54, 1.807) is 0 Å². The van der Waals surface area contributed by atoms with Crippen LogP contribution < -0.4 is 10.7 Å². The van der Waals surface area contributed by atoms with Crippen LogP contribution in [0.1, 0.15) is 0 Å². The second-order valence-corrected chi connectivity index (χ2v) is 3.46. The van der Waals surface area contributed by atoms with Crippen LogP contribution in [0.25, 0.3) is 0 Å². The van der Waals surface area contributed by atoms with Gasteiger partial charge in [-0.2, -0.15) is 0 Å². The molecule has 0 spiro atoms. The van der Waals surface area contributed by atoms with Crippen molar-refractivity contribution in [1.29, 1.82) is 0 Å². The van der Waals surface area contributed by atoms with Crippen LogP contribution in [0.3, 0.4) is 0 Å². The van der Waals surface area contributed by atoms with Gasteiger partial charge in [0.05, 0.1) is 4.92 Å². The Morgan fingerprint density at radius 2 is 1.84 bits per heavy atom. The molecular weight excluding hydrogens is 263 g/mol. The molecule has 0 saturated heterocycles. The number of hydrazine groups is 1. The largest absolute Gasteiger partial charge is 0.453 e. The van der Waals surface area contributed by atoms with Crippen molar-refractivity contribution in [2.45, 2.75) is 5.66 Å². The molecule has 102 valence electrons. The number of halogens is 1. The summed E-state index contributed by atoms with van der Waals surface area (Å²) in [6.45, 7) is -1.94. The molecule has 0 bridgehead atoms. The van der Waals surface area contributed by atoms with E-state index in [1.165, 1.54) is 18.2 Å².